The zero-order valence-electron chi connectivity index (χ0n) is 6.66. The van der Waals surface area contributed by atoms with Crippen molar-refractivity contribution < 1.29 is 9.53 Å². The topological polar surface area (TPSA) is 52.1 Å². The Hall–Kier alpha value is -0.0100. The molecule has 0 saturated heterocycles. The first-order valence-electron chi connectivity index (χ1n) is 3.44. The molecule has 4 nitrogen and oxygen atoms in total. The number of nitrogens with zero attached hydrogens (tertiary/aromatic N) is 2. The first-order chi connectivity index (χ1) is 6.16. The molecule has 0 aliphatic rings. The first-order valence-corrected chi connectivity index (χ1v) is 6.04. The van der Waals surface area contributed by atoms with Crippen LogP contribution < -0.4 is 0 Å². The standard InChI is InChI=1S/C6H6Br2N2O2S/c1-2-12-6(11)3-4(5(7)8)13-10-9-3/h5H,2H2,1H3. The molecule has 1 rings (SSSR count). The van der Waals surface area contributed by atoms with Crippen molar-refractivity contribution in [3.63, 3.8) is 0 Å². The zero-order chi connectivity index (χ0) is 9.84. The van der Waals surface area contributed by atoms with Crippen LogP contribution in [0.15, 0.2) is 0 Å². The summed E-state index contributed by atoms with van der Waals surface area (Å²) in [5.41, 5.74) is 0.269. The van der Waals surface area contributed by atoms with Gasteiger partial charge in [-0.1, -0.05) is 36.3 Å². The van der Waals surface area contributed by atoms with E-state index in [1.54, 1.807) is 6.92 Å². The third-order valence-corrected chi connectivity index (χ3v) is 3.49. The van der Waals surface area contributed by atoms with Gasteiger partial charge in [-0.3, -0.25) is 0 Å². The molecule has 0 aromatic carbocycles. The summed E-state index contributed by atoms with van der Waals surface area (Å²) in [6.07, 6.45) is 0. The summed E-state index contributed by atoms with van der Waals surface area (Å²) < 4.78 is 8.37. The van der Waals surface area contributed by atoms with E-state index in [0.29, 0.717) is 6.61 Å². The van der Waals surface area contributed by atoms with Gasteiger partial charge in [0.1, 0.15) is 3.74 Å². The lowest BCUT2D eigenvalue weighted by Crippen LogP contribution is -2.07. The van der Waals surface area contributed by atoms with Gasteiger partial charge in [-0.25, -0.2) is 4.79 Å². The minimum Gasteiger partial charge on any atom is -0.461 e. The van der Waals surface area contributed by atoms with Gasteiger partial charge >= 0.3 is 5.97 Å². The molecule has 0 radical (unpaired) electrons. The summed E-state index contributed by atoms with van der Waals surface area (Å²) in [6.45, 7) is 2.09. The fourth-order valence-corrected chi connectivity index (χ4v) is 2.12. The summed E-state index contributed by atoms with van der Waals surface area (Å²) >= 11 is 7.70. The average Bonchev–Trinajstić information content (AvgIpc) is 2.52. The van der Waals surface area contributed by atoms with Crippen LogP contribution in [0.4, 0.5) is 0 Å². The summed E-state index contributed by atoms with van der Waals surface area (Å²) in [7, 11) is 0. The van der Waals surface area contributed by atoms with E-state index < -0.39 is 5.97 Å². The number of carbonyl (C=O) groups is 1. The van der Waals surface area contributed by atoms with Crippen LogP contribution in [0.5, 0.6) is 0 Å². The van der Waals surface area contributed by atoms with Crippen LogP contribution in [0.3, 0.4) is 0 Å². The lowest BCUT2D eigenvalue weighted by Gasteiger charge is -2.00. The van der Waals surface area contributed by atoms with Crippen molar-refractivity contribution in [2.24, 2.45) is 0 Å². The molecular weight excluding hydrogens is 324 g/mol. The van der Waals surface area contributed by atoms with Gasteiger partial charge in [0.2, 0.25) is 0 Å². The quantitative estimate of drug-likeness (QED) is 0.631. The van der Waals surface area contributed by atoms with Crippen LogP contribution in [-0.4, -0.2) is 22.2 Å². The van der Waals surface area contributed by atoms with E-state index in [1.165, 1.54) is 0 Å². The van der Waals surface area contributed by atoms with Crippen LogP contribution in [0, 0.1) is 0 Å². The molecule has 1 heterocycles. The Morgan fingerprint density at radius 1 is 1.69 bits per heavy atom. The Labute approximate surface area is 96.1 Å². The van der Waals surface area contributed by atoms with E-state index in [2.05, 4.69) is 41.4 Å². The molecule has 0 saturated carbocycles. The molecule has 0 fully saturated rings. The molecule has 1 aromatic heterocycles. The van der Waals surface area contributed by atoms with E-state index in [0.717, 1.165) is 16.4 Å². The van der Waals surface area contributed by atoms with Gasteiger partial charge < -0.3 is 4.74 Å². The first kappa shape index (κ1) is 11.1. The smallest absolute Gasteiger partial charge is 0.360 e. The van der Waals surface area contributed by atoms with E-state index in [-0.39, 0.29) is 9.43 Å². The van der Waals surface area contributed by atoms with Crippen LogP contribution in [0.2, 0.25) is 0 Å². The van der Waals surface area contributed by atoms with Crippen LogP contribution in [-0.2, 0) is 4.74 Å². The normalized spacial score (nSPS) is 10.5. The monoisotopic (exact) mass is 328 g/mol. The molecular formula is C6H6Br2N2O2S. The number of rotatable bonds is 3. The van der Waals surface area contributed by atoms with Crippen molar-refractivity contribution >= 4 is 49.4 Å². The molecule has 0 atom stereocenters. The maximum Gasteiger partial charge on any atom is 0.360 e. The number of halogens is 2. The maximum atomic E-state index is 11.3. The average molecular weight is 330 g/mol. The Balaban J connectivity index is 2.87. The molecule has 7 heteroatoms. The Morgan fingerprint density at radius 2 is 2.38 bits per heavy atom. The van der Waals surface area contributed by atoms with Gasteiger partial charge in [0, 0.05) is 0 Å². The predicted molar refractivity (Wildman–Crippen MR) is 56.5 cm³/mol. The SMILES string of the molecule is CCOC(=O)c1nnsc1C(Br)Br. The number of hydrogen-bond acceptors (Lipinski definition) is 5. The molecule has 0 spiro atoms. The molecule has 0 aliphatic heterocycles. The Morgan fingerprint density at radius 3 is 2.92 bits per heavy atom. The molecule has 13 heavy (non-hydrogen) atoms. The highest BCUT2D eigenvalue weighted by atomic mass is 79.9. The highest BCUT2D eigenvalue weighted by Gasteiger charge is 2.21. The predicted octanol–water partition coefficient (Wildman–Crippen LogP) is 2.50. The van der Waals surface area contributed by atoms with E-state index in [4.69, 9.17) is 4.74 Å². The molecule has 0 aliphatic carbocycles. The highest BCUT2D eigenvalue weighted by Crippen LogP contribution is 2.33. The van der Waals surface area contributed by atoms with E-state index in [9.17, 15) is 4.79 Å². The van der Waals surface area contributed by atoms with E-state index >= 15 is 0 Å². The van der Waals surface area contributed by atoms with E-state index in [1.807, 2.05) is 0 Å². The molecule has 0 unspecified atom stereocenters. The Kier molecular flexibility index (Phi) is 4.27. The summed E-state index contributed by atoms with van der Waals surface area (Å²) in [5, 5.41) is 3.69. The third kappa shape index (κ3) is 2.72. The van der Waals surface area contributed by atoms with Crippen molar-refractivity contribution in [2.45, 2.75) is 10.7 Å². The number of aromatic nitrogens is 2. The maximum absolute atomic E-state index is 11.3. The molecule has 0 N–H and O–H groups in total. The van der Waals surface area contributed by atoms with Gasteiger partial charge in [-0.05, 0) is 18.5 Å². The lowest BCUT2D eigenvalue weighted by molar-refractivity contribution is 0.0518. The van der Waals surface area contributed by atoms with Crippen LogP contribution in [0.1, 0.15) is 26.0 Å². The summed E-state index contributed by atoms with van der Waals surface area (Å²) in [5.74, 6) is -0.435. The number of alkyl halides is 2. The van der Waals surface area contributed by atoms with Crippen molar-refractivity contribution in [2.75, 3.05) is 6.61 Å². The van der Waals surface area contributed by atoms with Crippen LogP contribution >= 0.6 is 43.4 Å². The second-order valence-electron chi connectivity index (χ2n) is 2.01. The van der Waals surface area contributed by atoms with Crippen molar-refractivity contribution in [1.82, 2.24) is 9.59 Å². The largest absolute Gasteiger partial charge is 0.461 e. The molecule has 0 bridgehead atoms. The van der Waals surface area contributed by atoms with Gasteiger partial charge in [0.25, 0.3) is 0 Å². The minimum absolute atomic E-state index is 0.112. The van der Waals surface area contributed by atoms with Gasteiger partial charge in [-0.2, -0.15) is 0 Å². The van der Waals surface area contributed by atoms with Crippen molar-refractivity contribution in [3.05, 3.63) is 10.6 Å². The fraction of sp³-hybridized carbons (Fsp3) is 0.500. The van der Waals surface area contributed by atoms with Crippen molar-refractivity contribution in [3.8, 4) is 0 Å². The summed E-state index contributed by atoms with van der Waals surface area (Å²) in [4.78, 5) is 12.0. The Bertz CT molecular complexity index is 303. The second kappa shape index (κ2) is 5.02. The van der Waals surface area contributed by atoms with Gasteiger partial charge in [0.05, 0.1) is 11.5 Å². The van der Waals surface area contributed by atoms with Crippen molar-refractivity contribution in [1.29, 1.82) is 0 Å². The third-order valence-electron chi connectivity index (χ3n) is 1.18. The van der Waals surface area contributed by atoms with Gasteiger partial charge in [-0.15, -0.1) is 5.10 Å². The molecule has 0 amide bonds. The number of ether oxygens (including phenoxy) is 1. The molecule has 1 aromatic rings. The number of carbonyl (C=O) groups excluding carboxylic acids is 1. The summed E-state index contributed by atoms with van der Waals surface area (Å²) in [6, 6.07) is 0. The lowest BCUT2D eigenvalue weighted by atomic mass is 10.4. The van der Waals surface area contributed by atoms with Crippen LogP contribution in [0.25, 0.3) is 0 Å². The minimum atomic E-state index is -0.435. The fourth-order valence-electron chi connectivity index (χ4n) is 0.682. The second-order valence-corrected chi connectivity index (χ2v) is 5.85. The number of hydrogen-bond donors (Lipinski definition) is 0. The molecule has 72 valence electrons. The zero-order valence-corrected chi connectivity index (χ0v) is 10.6. The highest BCUT2D eigenvalue weighted by molar-refractivity contribution is 9.24. The number of esters is 1. The van der Waals surface area contributed by atoms with Gasteiger partial charge in [0.15, 0.2) is 5.69 Å².